The Balaban J connectivity index is 1.62. The zero-order valence-electron chi connectivity index (χ0n) is 26.8. The summed E-state index contributed by atoms with van der Waals surface area (Å²) in [6, 6.07) is 12.4. The molecule has 0 fully saturated rings. The number of hydrogen-bond donors (Lipinski definition) is 0. The Morgan fingerprint density at radius 2 is 1.33 bits per heavy atom. The molecule has 2 aromatic rings. The Kier molecular flexibility index (Phi) is 8.17. The van der Waals surface area contributed by atoms with E-state index in [1.54, 1.807) is 0 Å². The first kappa shape index (κ1) is 30.1. The van der Waals surface area contributed by atoms with Crippen molar-refractivity contribution in [1.82, 2.24) is 4.90 Å². The van der Waals surface area contributed by atoms with Gasteiger partial charge in [0.25, 0.3) is 0 Å². The van der Waals surface area contributed by atoms with E-state index in [0.29, 0.717) is 37.6 Å². The number of aryl methyl sites for hydroxylation is 2. The Hall–Kier alpha value is -3.34. The molecule has 5 rings (SSSR count). The van der Waals surface area contributed by atoms with E-state index in [0.717, 1.165) is 59.5 Å². The number of ketones is 2. The second kappa shape index (κ2) is 11.4. The fourth-order valence-corrected chi connectivity index (χ4v) is 7.28. The van der Waals surface area contributed by atoms with Crippen LogP contribution in [0.5, 0.6) is 11.5 Å². The van der Waals surface area contributed by atoms with Crippen LogP contribution in [0.15, 0.2) is 58.9 Å². The van der Waals surface area contributed by atoms with Gasteiger partial charge in [0, 0.05) is 47.8 Å². The summed E-state index contributed by atoms with van der Waals surface area (Å²) in [7, 11) is 0. The van der Waals surface area contributed by atoms with E-state index < -0.39 is 0 Å². The molecule has 1 heterocycles. The van der Waals surface area contributed by atoms with Gasteiger partial charge >= 0.3 is 0 Å². The van der Waals surface area contributed by atoms with Gasteiger partial charge in [-0.05, 0) is 74.1 Å². The number of carbonyl (C=O) groups is 2. The first-order valence-electron chi connectivity index (χ1n) is 15.6. The highest BCUT2D eigenvalue weighted by atomic mass is 16.5. The summed E-state index contributed by atoms with van der Waals surface area (Å²) < 4.78 is 12.4. The standard InChI is InChI=1S/C37H47NO4/c1-9-13-38-27-18-36(5,6)20-29(39)34(27)33(35-28(38)19-37(7,8)21-30(35)40)26-11-12-31(32(17-26)41-10-2)42-22-25-15-23(3)14-24(4)16-25/h11-12,14-17,33H,9-10,13,18-22H2,1-8H3. The predicted octanol–water partition coefficient (Wildman–Crippen LogP) is 8.38. The molecule has 2 aliphatic carbocycles. The third kappa shape index (κ3) is 5.93. The fourth-order valence-electron chi connectivity index (χ4n) is 7.28. The van der Waals surface area contributed by atoms with E-state index in [-0.39, 0.29) is 28.3 Å². The minimum absolute atomic E-state index is 0.124. The van der Waals surface area contributed by atoms with Gasteiger partial charge < -0.3 is 14.4 Å². The molecule has 42 heavy (non-hydrogen) atoms. The Morgan fingerprint density at radius 1 is 0.762 bits per heavy atom. The maximum Gasteiger partial charge on any atom is 0.162 e. The van der Waals surface area contributed by atoms with Crippen molar-refractivity contribution < 1.29 is 19.1 Å². The second-order valence-corrected chi connectivity index (χ2v) is 14.1. The lowest BCUT2D eigenvalue weighted by atomic mass is 9.63. The molecule has 0 saturated heterocycles. The molecule has 3 aliphatic rings. The number of Topliss-reactive ketones (excluding diaryl/α,β-unsaturated/α-hetero) is 2. The highest BCUT2D eigenvalue weighted by molar-refractivity contribution is 6.06. The minimum Gasteiger partial charge on any atom is -0.490 e. The normalized spacial score (nSPS) is 20.0. The van der Waals surface area contributed by atoms with Crippen molar-refractivity contribution in [3.05, 3.63) is 81.2 Å². The number of ether oxygens (including phenoxy) is 2. The van der Waals surface area contributed by atoms with Gasteiger partial charge in [0.2, 0.25) is 0 Å². The van der Waals surface area contributed by atoms with E-state index in [4.69, 9.17) is 9.47 Å². The van der Waals surface area contributed by atoms with Crippen LogP contribution in [0, 0.1) is 24.7 Å². The fraction of sp³-hybridized carbons (Fsp3) is 0.514. The van der Waals surface area contributed by atoms with Crippen LogP contribution in [0.25, 0.3) is 0 Å². The van der Waals surface area contributed by atoms with Crippen molar-refractivity contribution >= 4 is 11.6 Å². The molecule has 5 heteroatoms. The zero-order valence-corrected chi connectivity index (χ0v) is 26.8. The molecule has 0 bridgehead atoms. The topological polar surface area (TPSA) is 55.8 Å². The smallest absolute Gasteiger partial charge is 0.162 e. The maximum atomic E-state index is 14.0. The van der Waals surface area contributed by atoms with Gasteiger partial charge in [-0.15, -0.1) is 0 Å². The SMILES string of the molecule is CCCN1C2=C(C(=O)CC(C)(C)C2)C(c2ccc(OCc3cc(C)cc(C)c3)c(OCC)c2)C2=C1CC(C)(C)CC2=O. The van der Waals surface area contributed by atoms with E-state index in [2.05, 4.69) is 71.6 Å². The van der Waals surface area contributed by atoms with Crippen molar-refractivity contribution in [2.75, 3.05) is 13.2 Å². The molecule has 0 atom stereocenters. The average molecular weight is 570 g/mol. The monoisotopic (exact) mass is 569 g/mol. The number of rotatable bonds is 8. The lowest BCUT2D eigenvalue weighted by Gasteiger charge is -2.49. The Bertz CT molecular complexity index is 1400. The second-order valence-electron chi connectivity index (χ2n) is 14.1. The average Bonchev–Trinajstić information content (AvgIpc) is 2.87. The van der Waals surface area contributed by atoms with Crippen LogP contribution in [0.2, 0.25) is 0 Å². The third-order valence-electron chi connectivity index (χ3n) is 8.75. The lowest BCUT2D eigenvalue weighted by molar-refractivity contribution is -0.119. The first-order chi connectivity index (χ1) is 19.8. The van der Waals surface area contributed by atoms with Crippen molar-refractivity contribution in [3.8, 4) is 11.5 Å². The molecule has 0 radical (unpaired) electrons. The molecule has 0 unspecified atom stereocenters. The van der Waals surface area contributed by atoms with Crippen LogP contribution >= 0.6 is 0 Å². The molecule has 224 valence electrons. The molecule has 0 spiro atoms. The van der Waals surface area contributed by atoms with E-state index in [1.807, 2.05) is 25.1 Å². The first-order valence-corrected chi connectivity index (χ1v) is 15.6. The molecule has 1 aliphatic heterocycles. The predicted molar refractivity (Wildman–Crippen MR) is 168 cm³/mol. The molecule has 0 saturated carbocycles. The molecule has 5 nitrogen and oxygen atoms in total. The van der Waals surface area contributed by atoms with Gasteiger partial charge in [0.05, 0.1) is 6.61 Å². The number of benzene rings is 2. The largest absolute Gasteiger partial charge is 0.490 e. The number of allylic oxidation sites excluding steroid dienone is 4. The van der Waals surface area contributed by atoms with Gasteiger partial charge in [-0.3, -0.25) is 9.59 Å². The van der Waals surface area contributed by atoms with Crippen molar-refractivity contribution in [2.45, 2.75) is 100 Å². The molecular formula is C37H47NO4. The van der Waals surface area contributed by atoms with Gasteiger partial charge in [-0.1, -0.05) is 70.0 Å². The van der Waals surface area contributed by atoms with Crippen LogP contribution < -0.4 is 9.47 Å². The Morgan fingerprint density at radius 3 is 1.86 bits per heavy atom. The zero-order chi connectivity index (χ0) is 30.4. The summed E-state index contributed by atoms with van der Waals surface area (Å²) in [5.74, 6) is 1.24. The summed E-state index contributed by atoms with van der Waals surface area (Å²) in [5.41, 5.74) is 8.03. The van der Waals surface area contributed by atoms with Crippen molar-refractivity contribution in [3.63, 3.8) is 0 Å². The third-order valence-corrected chi connectivity index (χ3v) is 8.75. The van der Waals surface area contributed by atoms with E-state index in [9.17, 15) is 9.59 Å². The van der Waals surface area contributed by atoms with Crippen LogP contribution in [0.3, 0.4) is 0 Å². The quantitative estimate of drug-likeness (QED) is 0.320. The van der Waals surface area contributed by atoms with Crippen molar-refractivity contribution in [2.24, 2.45) is 10.8 Å². The van der Waals surface area contributed by atoms with E-state index in [1.165, 1.54) is 11.1 Å². The number of hydrogen-bond acceptors (Lipinski definition) is 5. The number of carbonyl (C=O) groups excluding carboxylic acids is 2. The summed E-state index contributed by atoms with van der Waals surface area (Å²) in [5, 5.41) is 0. The maximum absolute atomic E-state index is 14.0. The summed E-state index contributed by atoms with van der Waals surface area (Å²) in [4.78, 5) is 30.4. The summed E-state index contributed by atoms with van der Waals surface area (Å²) >= 11 is 0. The highest BCUT2D eigenvalue weighted by Gasteiger charge is 2.48. The van der Waals surface area contributed by atoms with Gasteiger partial charge in [-0.2, -0.15) is 0 Å². The summed E-state index contributed by atoms with van der Waals surface area (Å²) in [6.07, 6.45) is 3.57. The highest BCUT2D eigenvalue weighted by Crippen LogP contribution is 2.55. The molecule has 2 aromatic carbocycles. The molecule has 0 aromatic heterocycles. The summed E-state index contributed by atoms with van der Waals surface area (Å²) in [6.45, 7) is 18.8. The Labute approximate surface area is 252 Å². The number of nitrogens with zero attached hydrogens (tertiary/aromatic N) is 1. The molecule has 0 amide bonds. The van der Waals surface area contributed by atoms with Crippen molar-refractivity contribution in [1.29, 1.82) is 0 Å². The van der Waals surface area contributed by atoms with Gasteiger partial charge in [0.15, 0.2) is 23.1 Å². The van der Waals surface area contributed by atoms with Crippen LogP contribution in [-0.4, -0.2) is 29.6 Å². The van der Waals surface area contributed by atoms with Gasteiger partial charge in [-0.25, -0.2) is 0 Å². The van der Waals surface area contributed by atoms with E-state index >= 15 is 0 Å². The molecule has 0 N–H and O–H groups in total. The van der Waals surface area contributed by atoms with Gasteiger partial charge in [0.1, 0.15) is 6.61 Å². The minimum atomic E-state index is -0.386. The van der Waals surface area contributed by atoms with Crippen LogP contribution in [0.4, 0.5) is 0 Å². The van der Waals surface area contributed by atoms with Crippen LogP contribution in [0.1, 0.15) is 102 Å². The molecular weight excluding hydrogens is 522 g/mol. The lowest BCUT2D eigenvalue weighted by Crippen LogP contribution is -2.44. The van der Waals surface area contributed by atoms with Crippen LogP contribution in [-0.2, 0) is 16.2 Å².